The number of hydrogen-bond acceptors (Lipinski definition) is 5. The number of carbonyl (C=O) groups is 2. The molecule has 0 aromatic heterocycles. The monoisotopic (exact) mass is 266 g/mol. The molecule has 0 unspecified atom stereocenters. The van der Waals surface area contributed by atoms with Crippen molar-refractivity contribution in [2.75, 3.05) is 33.5 Å². The average molecular weight is 266 g/mol. The van der Waals surface area contributed by atoms with Crippen molar-refractivity contribution in [3.63, 3.8) is 0 Å². The lowest BCUT2D eigenvalue weighted by Gasteiger charge is -1.98. The van der Waals surface area contributed by atoms with Gasteiger partial charge in [-0.3, -0.25) is 9.59 Å². The molecule has 7 nitrogen and oxygen atoms in total. The Balaban J connectivity index is 0. The second-order valence-corrected chi connectivity index (χ2v) is 3.32. The Morgan fingerprint density at radius 3 is 1.78 bits per heavy atom. The van der Waals surface area contributed by atoms with Gasteiger partial charge in [-0.1, -0.05) is 0 Å². The molecule has 0 rings (SSSR count). The van der Waals surface area contributed by atoms with Gasteiger partial charge in [0.15, 0.2) is 0 Å². The second-order valence-electron chi connectivity index (χ2n) is 3.32. The van der Waals surface area contributed by atoms with Gasteiger partial charge >= 0.3 is 11.9 Å². The predicted molar refractivity (Wildman–Crippen MR) is 63.5 cm³/mol. The first-order valence-electron chi connectivity index (χ1n) is 5.65. The fourth-order valence-electron chi connectivity index (χ4n) is 0.861. The van der Waals surface area contributed by atoms with Crippen LogP contribution in [0.2, 0.25) is 0 Å². The number of rotatable bonds is 10. The van der Waals surface area contributed by atoms with E-state index < -0.39 is 11.9 Å². The van der Waals surface area contributed by atoms with Crippen LogP contribution in [0.3, 0.4) is 0 Å². The molecule has 0 saturated carbocycles. The third-order valence-electron chi connectivity index (χ3n) is 1.70. The van der Waals surface area contributed by atoms with E-state index in [1.807, 2.05) is 0 Å². The van der Waals surface area contributed by atoms with Crippen LogP contribution in [-0.2, 0) is 19.1 Å². The van der Waals surface area contributed by atoms with Crippen LogP contribution < -0.4 is 0 Å². The Hall–Kier alpha value is -1.18. The van der Waals surface area contributed by atoms with Crippen LogP contribution in [0.1, 0.15) is 25.7 Å². The van der Waals surface area contributed by atoms with Crippen LogP contribution in [-0.4, -0.2) is 60.8 Å². The van der Waals surface area contributed by atoms with Gasteiger partial charge in [0.1, 0.15) is 0 Å². The molecular formula is C11H22O7. The van der Waals surface area contributed by atoms with E-state index in [0.29, 0.717) is 32.7 Å². The summed E-state index contributed by atoms with van der Waals surface area (Å²) in [5.41, 5.74) is 0. The molecule has 0 saturated heterocycles. The van der Waals surface area contributed by atoms with Crippen molar-refractivity contribution in [3.05, 3.63) is 0 Å². The highest BCUT2D eigenvalue weighted by Crippen LogP contribution is 1.98. The van der Waals surface area contributed by atoms with E-state index in [1.165, 1.54) is 0 Å². The number of aliphatic hydroxyl groups excluding tert-OH is 1. The van der Waals surface area contributed by atoms with Crippen molar-refractivity contribution in [1.29, 1.82) is 0 Å². The quantitative estimate of drug-likeness (QED) is 0.489. The molecular weight excluding hydrogens is 244 g/mol. The molecule has 0 heterocycles. The van der Waals surface area contributed by atoms with Crippen molar-refractivity contribution in [2.45, 2.75) is 25.7 Å². The number of aliphatic hydroxyl groups is 1. The van der Waals surface area contributed by atoms with Crippen molar-refractivity contribution < 1.29 is 34.4 Å². The number of aliphatic carboxylic acids is 2. The van der Waals surface area contributed by atoms with Gasteiger partial charge in [-0.05, 0) is 12.8 Å². The third kappa shape index (κ3) is 24.2. The molecule has 7 heteroatoms. The van der Waals surface area contributed by atoms with Gasteiger partial charge < -0.3 is 24.8 Å². The Morgan fingerprint density at radius 1 is 0.944 bits per heavy atom. The van der Waals surface area contributed by atoms with Gasteiger partial charge in [-0.25, -0.2) is 0 Å². The first-order valence-corrected chi connectivity index (χ1v) is 5.65. The molecule has 0 fully saturated rings. The Morgan fingerprint density at radius 2 is 1.44 bits per heavy atom. The maximum atomic E-state index is 9.90. The summed E-state index contributed by atoms with van der Waals surface area (Å²) in [5.74, 6) is -1.74. The van der Waals surface area contributed by atoms with Crippen molar-refractivity contribution >= 4 is 11.9 Å². The van der Waals surface area contributed by atoms with E-state index in [2.05, 4.69) is 4.74 Å². The summed E-state index contributed by atoms with van der Waals surface area (Å²) in [7, 11) is 1.61. The third-order valence-corrected chi connectivity index (χ3v) is 1.70. The minimum atomic E-state index is -0.870. The van der Waals surface area contributed by atoms with E-state index in [-0.39, 0.29) is 19.4 Å². The van der Waals surface area contributed by atoms with Crippen molar-refractivity contribution in [2.24, 2.45) is 0 Å². The highest BCUT2D eigenvalue weighted by atomic mass is 16.5. The zero-order chi connectivity index (χ0) is 14.2. The first-order chi connectivity index (χ1) is 8.54. The molecule has 0 aromatic carbocycles. The van der Waals surface area contributed by atoms with Gasteiger partial charge in [0.2, 0.25) is 0 Å². The molecule has 18 heavy (non-hydrogen) atoms. The maximum Gasteiger partial charge on any atom is 0.303 e. The second kappa shape index (κ2) is 15.8. The topological polar surface area (TPSA) is 113 Å². The standard InChI is InChI=1S/C6H10O4.C5H12O3/c7-5(8)3-1-2-4-6(9)10;1-7-4-5-8-3-2-6/h1-4H2,(H,7,8)(H,9,10);6H,2-5H2,1H3. The van der Waals surface area contributed by atoms with Crippen LogP contribution in [0.15, 0.2) is 0 Å². The van der Waals surface area contributed by atoms with Gasteiger partial charge in [0, 0.05) is 20.0 Å². The minimum absolute atomic E-state index is 0.0628. The SMILES string of the molecule is COCCOCCO.O=C(O)CCCCC(=O)O. The summed E-state index contributed by atoms with van der Waals surface area (Å²) in [5, 5.41) is 24.5. The number of unbranched alkanes of at least 4 members (excludes halogenated alkanes) is 1. The molecule has 0 aromatic rings. The molecule has 0 bridgehead atoms. The zero-order valence-electron chi connectivity index (χ0n) is 10.6. The molecule has 0 amide bonds. The number of methoxy groups -OCH3 is 1. The lowest BCUT2D eigenvalue weighted by molar-refractivity contribution is -0.139. The summed E-state index contributed by atoms with van der Waals surface area (Å²) in [6.07, 6.45) is 1.02. The average Bonchev–Trinajstić information content (AvgIpc) is 2.31. The molecule has 0 radical (unpaired) electrons. The lowest BCUT2D eigenvalue weighted by atomic mass is 10.2. The van der Waals surface area contributed by atoms with Crippen LogP contribution in [0.4, 0.5) is 0 Å². The summed E-state index contributed by atoms with van der Waals surface area (Å²) in [6.45, 7) is 1.66. The molecule has 3 N–H and O–H groups in total. The highest BCUT2D eigenvalue weighted by Gasteiger charge is 1.99. The Kier molecular flexibility index (Phi) is 16.8. The Bertz CT molecular complexity index is 184. The van der Waals surface area contributed by atoms with Crippen LogP contribution in [0.5, 0.6) is 0 Å². The summed E-state index contributed by atoms with van der Waals surface area (Å²) >= 11 is 0. The van der Waals surface area contributed by atoms with Crippen LogP contribution in [0.25, 0.3) is 0 Å². The van der Waals surface area contributed by atoms with Gasteiger partial charge in [-0.15, -0.1) is 0 Å². The summed E-state index contributed by atoms with van der Waals surface area (Å²) < 4.78 is 9.53. The number of carboxylic acid groups (broad SMARTS) is 2. The largest absolute Gasteiger partial charge is 0.481 e. The zero-order valence-corrected chi connectivity index (χ0v) is 10.6. The van der Waals surface area contributed by atoms with Gasteiger partial charge in [0.25, 0.3) is 0 Å². The summed E-state index contributed by atoms with van der Waals surface area (Å²) in [4.78, 5) is 19.8. The first kappa shape index (κ1) is 19.2. The fourth-order valence-corrected chi connectivity index (χ4v) is 0.861. The maximum absolute atomic E-state index is 9.90. The van der Waals surface area contributed by atoms with Crippen LogP contribution in [0, 0.1) is 0 Å². The van der Waals surface area contributed by atoms with E-state index in [9.17, 15) is 9.59 Å². The van der Waals surface area contributed by atoms with Gasteiger partial charge in [-0.2, -0.15) is 0 Å². The van der Waals surface area contributed by atoms with Crippen molar-refractivity contribution in [3.8, 4) is 0 Å². The van der Waals surface area contributed by atoms with E-state index >= 15 is 0 Å². The molecule has 0 aliphatic carbocycles. The molecule has 0 spiro atoms. The Labute approximate surface area is 106 Å². The smallest absolute Gasteiger partial charge is 0.303 e. The summed E-state index contributed by atoms with van der Waals surface area (Å²) in [6, 6.07) is 0. The number of carboxylic acids is 2. The van der Waals surface area contributed by atoms with E-state index in [4.69, 9.17) is 20.1 Å². The number of ether oxygens (including phenoxy) is 2. The van der Waals surface area contributed by atoms with Crippen LogP contribution >= 0.6 is 0 Å². The van der Waals surface area contributed by atoms with Gasteiger partial charge in [0.05, 0.1) is 26.4 Å². The van der Waals surface area contributed by atoms with E-state index in [0.717, 1.165) is 0 Å². The molecule has 0 atom stereocenters. The highest BCUT2D eigenvalue weighted by molar-refractivity contribution is 5.67. The van der Waals surface area contributed by atoms with E-state index in [1.54, 1.807) is 7.11 Å². The molecule has 0 aliphatic rings. The molecule has 0 aliphatic heterocycles. The normalized spacial score (nSPS) is 9.44. The fraction of sp³-hybridized carbons (Fsp3) is 0.818. The number of hydrogen-bond donors (Lipinski definition) is 3. The minimum Gasteiger partial charge on any atom is -0.481 e. The predicted octanol–water partition coefficient (Wildman–Crippen LogP) is 0.358. The molecule has 108 valence electrons. The van der Waals surface area contributed by atoms with Crippen molar-refractivity contribution in [1.82, 2.24) is 0 Å². The lowest BCUT2D eigenvalue weighted by Crippen LogP contribution is -2.05.